The summed E-state index contributed by atoms with van der Waals surface area (Å²) in [6, 6.07) is 5.01. The Morgan fingerprint density at radius 2 is 2.00 bits per heavy atom. The molecule has 1 saturated heterocycles. The highest BCUT2D eigenvalue weighted by Gasteiger charge is 2.32. The summed E-state index contributed by atoms with van der Waals surface area (Å²) in [5, 5.41) is 0. The van der Waals surface area contributed by atoms with Gasteiger partial charge in [-0.15, -0.1) is 0 Å². The molecule has 6 nitrogen and oxygen atoms in total. The number of rotatable bonds is 4. The van der Waals surface area contributed by atoms with Gasteiger partial charge in [0.1, 0.15) is 0 Å². The molecule has 23 heavy (non-hydrogen) atoms. The van der Waals surface area contributed by atoms with Crippen LogP contribution in [0.3, 0.4) is 0 Å². The molecule has 1 heterocycles. The first kappa shape index (κ1) is 17.5. The summed E-state index contributed by atoms with van der Waals surface area (Å²) < 4.78 is 28.0. The van der Waals surface area contributed by atoms with E-state index < -0.39 is 21.7 Å². The minimum Gasteiger partial charge on any atom is -0.452 e. The van der Waals surface area contributed by atoms with Gasteiger partial charge in [-0.2, -0.15) is 0 Å². The number of carbonyl (C=O) groups excluding carboxylic acids is 2. The molecule has 0 bridgehead atoms. The minimum absolute atomic E-state index is 0.0275. The van der Waals surface area contributed by atoms with Crippen molar-refractivity contribution in [2.75, 3.05) is 25.2 Å². The third kappa shape index (κ3) is 4.31. The molecule has 1 atom stereocenters. The summed E-state index contributed by atoms with van der Waals surface area (Å²) in [6.07, 6.45) is 0.426. The molecule has 0 aromatic heterocycles. The van der Waals surface area contributed by atoms with Crippen LogP contribution in [0.1, 0.15) is 27.9 Å². The van der Waals surface area contributed by atoms with E-state index in [-0.39, 0.29) is 24.2 Å². The fourth-order valence-electron chi connectivity index (χ4n) is 2.63. The van der Waals surface area contributed by atoms with Gasteiger partial charge in [-0.25, -0.2) is 13.2 Å². The highest BCUT2D eigenvalue weighted by molar-refractivity contribution is 7.91. The quantitative estimate of drug-likeness (QED) is 0.768. The van der Waals surface area contributed by atoms with Gasteiger partial charge in [-0.05, 0) is 31.9 Å². The van der Waals surface area contributed by atoms with Crippen molar-refractivity contribution < 1.29 is 22.7 Å². The number of sulfone groups is 1. The highest BCUT2D eigenvalue weighted by atomic mass is 32.2. The Balaban J connectivity index is 1.92. The number of esters is 1. The first-order valence-corrected chi connectivity index (χ1v) is 9.22. The SMILES string of the molecule is Cc1ccc(C(=O)OCC(=O)N(C)[C@H]2CCS(=O)(=O)C2)c(C)c1. The van der Waals surface area contributed by atoms with Crippen molar-refractivity contribution in [1.82, 2.24) is 4.90 Å². The summed E-state index contributed by atoms with van der Waals surface area (Å²) >= 11 is 0. The van der Waals surface area contributed by atoms with E-state index in [1.54, 1.807) is 26.1 Å². The fourth-order valence-corrected chi connectivity index (χ4v) is 4.41. The Labute approximate surface area is 136 Å². The van der Waals surface area contributed by atoms with Crippen molar-refractivity contribution in [3.8, 4) is 0 Å². The van der Waals surface area contributed by atoms with E-state index in [0.717, 1.165) is 11.1 Å². The second-order valence-electron chi connectivity index (χ2n) is 5.96. The van der Waals surface area contributed by atoms with E-state index in [4.69, 9.17) is 4.74 Å². The summed E-state index contributed by atoms with van der Waals surface area (Å²) in [6.45, 7) is 3.34. The zero-order chi connectivity index (χ0) is 17.2. The first-order chi connectivity index (χ1) is 10.7. The van der Waals surface area contributed by atoms with Crippen LogP contribution >= 0.6 is 0 Å². The molecule has 0 spiro atoms. The van der Waals surface area contributed by atoms with E-state index in [1.165, 1.54) is 4.90 Å². The molecule has 1 aliphatic rings. The third-order valence-corrected chi connectivity index (χ3v) is 5.83. The van der Waals surface area contributed by atoms with Crippen LogP contribution in [0.5, 0.6) is 0 Å². The molecule has 0 unspecified atom stereocenters. The number of likely N-dealkylation sites (N-methyl/N-ethyl adjacent to an activating group) is 1. The van der Waals surface area contributed by atoms with Crippen LogP contribution in [0.25, 0.3) is 0 Å². The van der Waals surface area contributed by atoms with Crippen LogP contribution in [0, 0.1) is 13.8 Å². The first-order valence-electron chi connectivity index (χ1n) is 7.40. The average molecular weight is 339 g/mol. The minimum atomic E-state index is -3.06. The summed E-state index contributed by atoms with van der Waals surface area (Å²) in [5.41, 5.74) is 2.25. The lowest BCUT2D eigenvalue weighted by atomic mass is 10.1. The molecule has 1 aromatic carbocycles. The average Bonchev–Trinajstić information content (AvgIpc) is 2.83. The molecule has 0 radical (unpaired) electrons. The van der Waals surface area contributed by atoms with Crippen LogP contribution in [-0.4, -0.2) is 56.4 Å². The van der Waals surface area contributed by atoms with Crippen LogP contribution in [0.2, 0.25) is 0 Å². The molecular weight excluding hydrogens is 318 g/mol. The monoisotopic (exact) mass is 339 g/mol. The summed E-state index contributed by atoms with van der Waals surface area (Å²) in [5.74, 6) is -0.883. The van der Waals surface area contributed by atoms with Gasteiger partial charge < -0.3 is 9.64 Å². The molecule has 0 aliphatic carbocycles. The maximum Gasteiger partial charge on any atom is 0.338 e. The van der Waals surface area contributed by atoms with Crippen molar-refractivity contribution >= 4 is 21.7 Å². The van der Waals surface area contributed by atoms with Crippen LogP contribution in [-0.2, 0) is 19.4 Å². The van der Waals surface area contributed by atoms with Crippen molar-refractivity contribution in [2.45, 2.75) is 26.3 Å². The highest BCUT2D eigenvalue weighted by Crippen LogP contribution is 2.17. The van der Waals surface area contributed by atoms with Crippen molar-refractivity contribution in [3.63, 3.8) is 0 Å². The standard InChI is InChI=1S/C16H21NO5S/c1-11-4-5-14(12(2)8-11)16(19)22-9-15(18)17(3)13-6-7-23(20,21)10-13/h4-5,8,13H,6-7,9-10H2,1-3H3/t13-/m0/s1. The Morgan fingerprint density at radius 1 is 1.30 bits per heavy atom. The normalized spacial score (nSPS) is 19.3. The van der Waals surface area contributed by atoms with E-state index >= 15 is 0 Å². The number of aryl methyl sites for hydroxylation is 2. The molecule has 0 saturated carbocycles. The zero-order valence-electron chi connectivity index (χ0n) is 13.5. The number of ether oxygens (including phenoxy) is 1. The molecule has 2 rings (SSSR count). The molecule has 1 aliphatic heterocycles. The topological polar surface area (TPSA) is 80.8 Å². The molecule has 126 valence electrons. The molecule has 1 amide bonds. The maximum atomic E-state index is 12.1. The Kier molecular flexibility index (Phi) is 5.09. The number of hydrogen-bond donors (Lipinski definition) is 0. The fraction of sp³-hybridized carbons (Fsp3) is 0.500. The van der Waals surface area contributed by atoms with Gasteiger partial charge in [0.2, 0.25) is 0 Å². The van der Waals surface area contributed by atoms with Crippen molar-refractivity contribution in [2.24, 2.45) is 0 Å². The maximum absolute atomic E-state index is 12.1. The number of nitrogens with zero attached hydrogens (tertiary/aromatic N) is 1. The molecule has 7 heteroatoms. The number of hydrogen-bond acceptors (Lipinski definition) is 5. The Bertz CT molecular complexity index is 726. The third-order valence-electron chi connectivity index (χ3n) is 4.08. The van der Waals surface area contributed by atoms with Crippen LogP contribution in [0.4, 0.5) is 0 Å². The summed E-state index contributed by atoms with van der Waals surface area (Å²) in [4.78, 5) is 25.5. The number of benzene rings is 1. The van der Waals surface area contributed by atoms with Gasteiger partial charge in [0.25, 0.3) is 5.91 Å². The lowest BCUT2D eigenvalue weighted by molar-refractivity contribution is -0.134. The van der Waals surface area contributed by atoms with Gasteiger partial charge in [-0.1, -0.05) is 17.7 Å². The van der Waals surface area contributed by atoms with Gasteiger partial charge in [-0.3, -0.25) is 4.79 Å². The molecule has 0 N–H and O–H groups in total. The molecule has 1 aromatic rings. The van der Waals surface area contributed by atoms with E-state index in [9.17, 15) is 18.0 Å². The zero-order valence-corrected chi connectivity index (χ0v) is 14.4. The van der Waals surface area contributed by atoms with Gasteiger partial charge in [0, 0.05) is 13.1 Å². The lowest BCUT2D eigenvalue weighted by Crippen LogP contribution is -2.40. The number of amides is 1. The van der Waals surface area contributed by atoms with E-state index in [0.29, 0.717) is 12.0 Å². The lowest BCUT2D eigenvalue weighted by Gasteiger charge is -2.23. The molecule has 1 fully saturated rings. The molecular formula is C16H21NO5S. The second kappa shape index (κ2) is 6.70. The predicted molar refractivity (Wildman–Crippen MR) is 86.0 cm³/mol. The largest absolute Gasteiger partial charge is 0.452 e. The Morgan fingerprint density at radius 3 is 2.57 bits per heavy atom. The summed E-state index contributed by atoms with van der Waals surface area (Å²) in [7, 11) is -1.52. The second-order valence-corrected chi connectivity index (χ2v) is 8.18. The van der Waals surface area contributed by atoms with Crippen LogP contribution in [0.15, 0.2) is 18.2 Å². The van der Waals surface area contributed by atoms with Gasteiger partial charge in [0.15, 0.2) is 16.4 Å². The van der Waals surface area contributed by atoms with Crippen molar-refractivity contribution in [3.05, 3.63) is 34.9 Å². The van der Waals surface area contributed by atoms with Crippen LogP contribution < -0.4 is 0 Å². The van der Waals surface area contributed by atoms with Gasteiger partial charge >= 0.3 is 5.97 Å². The van der Waals surface area contributed by atoms with Crippen molar-refractivity contribution in [1.29, 1.82) is 0 Å². The van der Waals surface area contributed by atoms with E-state index in [1.807, 2.05) is 13.0 Å². The number of carbonyl (C=O) groups is 2. The predicted octanol–water partition coefficient (Wildman–Crippen LogP) is 1.11. The van der Waals surface area contributed by atoms with Gasteiger partial charge in [0.05, 0.1) is 17.1 Å². The Hall–Kier alpha value is -1.89. The van der Waals surface area contributed by atoms with E-state index in [2.05, 4.69) is 0 Å². The smallest absolute Gasteiger partial charge is 0.338 e.